The standard InChI is InChI=1S/C21H26N2O3/c1-2-3-11-23-21(24)17-9-7-16(8-10-17)14-22-15-18-5-4-6-19-20(18)26-13-12-25-19/h4-10,22H,2-3,11-15H2,1H3,(H,23,24). The third-order valence-electron chi connectivity index (χ3n) is 4.32. The molecule has 1 heterocycles. The van der Waals surface area contributed by atoms with Crippen LogP contribution in [0.15, 0.2) is 42.5 Å². The highest BCUT2D eigenvalue weighted by atomic mass is 16.6. The third-order valence-corrected chi connectivity index (χ3v) is 4.32. The summed E-state index contributed by atoms with van der Waals surface area (Å²) >= 11 is 0. The topological polar surface area (TPSA) is 59.6 Å². The lowest BCUT2D eigenvalue weighted by Gasteiger charge is -2.21. The Bertz CT molecular complexity index is 729. The van der Waals surface area contributed by atoms with E-state index in [9.17, 15) is 4.79 Å². The average Bonchev–Trinajstić information content (AvgIpc) is 2.69. The number of amides is 1. The first-order valence-electron chi connectivity index (χ1n) is 9.23. The number of para-hydroxylation sites is 1. The van der Waals surface area contributed by atoms with Gasteiger partial charge in [-0.3, -0.25) is 4.79 Å². The lowest BCUT2D eigenvalue weighted by Crippen LogP contribution is -2.24. The van der Waals surface area contributed by atoms with Gasteiger partial charge in [0.05, 0.1) is 0 Å². The molecule has 0 unspecified atom stereocenters. The second kappa shape index (κ2) is 9.25. The van der Waals surface area contributed by atoms with Gasteiger partial charge in [-0.25, -0.2) is 0 Å². The summed E-state index contributed by atoms with van der Waals surface area (Å²) < 4.78 is 11.3. The summed E-state index contributed by atoms with van der Waals surface area (Å²) in [5, 5.41) is 6.36. The van der Waals surface area contributed by atoms with E-state index in [2.05, 4.69) is 17.6 Å². The van der Waals surface area contributed by atoms with E-state index in [-0.39, 0.29) is 5.91 Å². The maximum absolute atomic E-state index is 12.0. The van der Waals surface area contributed by atoms with Gasteiger partial charge >= 0.3 is 0 Å². The molecule has 0 aliphatic carbocycles. The van der Waals surface area contributed by atoms with Crippen LogP contribution in [0.5, 0.6) is 11.5 Å². The van der Waals surface area contributed by atoms with E-state index < -0.39 is 0 Å². The lowest BCUT2D eigenvalue weighted by molar-refractivity contribution is 0.0953. The molecule has 0 radical (unpaired) electrons. The predicted molar refractivity (Wildman–Crippen MR) is 102 cm³/mol. The van der Waals surface area contributed by atoms with Crippen LogP contribution in [0.25, 0.3) is 0 Å². The van der Waals surface area contributed by atoms with Crippen molar-refractivity contribution in [2.75, 3.05) is 19.8 Å². The molecule has 0 bridgehead atoms. The largest absolute Gasteiger partial charge is 0.486 e. The summed E-state index contributed by atoms with van der Waals surface area (Å²) in [4.78, 5) is 12.0. The summed E-state index contributed by atoms with van der Waals surface area (Å²) in [6.45, 7) is 5.45. The number of nitrogens with one attached hydrogen (secondary N) is 2. The number of hydrogen-bond donors (Lipinski definition) is 2. The van der Waals surface area contributed by atoms with Crippen molar-refractivity contribution < 1.29 is 14.3 Å². The van der Waals surface area contributed by atoms with Crippen LogP contribution in [0.4, 0.5) is 0 Å². The number of carbonyl (C=O) groups excluding carboxylic acids is 1. The Morgan fingerprint density at radius 3 is 2.65 bits per heavy atom. The minimum absolute atomic E-state index is 0.00831. The SMILES string of the molecule is CCCCNC(=O)c1ccc(CNCc2cccc3c2OCCO3)cc1. The number of rotatable bonds is 8. The number of benzene rings is 2. The van der Waals surface area contributed by atoms with Crippen LogP contribution >= 0.6 is 0 Å². The summed E-state index contributed by atoms with van der Waals surface area (Å²) in [7, 11) is 0. The number of carbonyl (C=O) groups is 1. The molecule has 5 nitrogen and oxygen atoms in total. The van der Waals surface area contributed by atoms with Crippen LogP contribution in [0.2, 0.25) is 0 Å². The van der Waals surface area contributed by atoms with Crippen LogP contribution in [0, 0.1) is 0 Å². The average molecular weight is 354 g/mol. The van der Waals surface area contributed by atoms with E-state index in [0.29, 0.717) is 25.3 Å². The zero-order valence-electron chi connectivity index (χ0n) is 15.2. The van der Waals surface area contributed by atoms with E-state index in [4.69, 9.17) is 9.47 Å². The molecular formula is C21H26N2O3. The van der Waals surface area contributed by atoms with Crippen molar-refractivity contribution in [3.8, 4) is 11.5 Å². The highest BCUT2D eigenvalue weighted by Crippen LogP contribution is 2.33. The zero-order chi connectivity index (χ0) is 18.2. The predicted octanol–water partition coefficient (Wildman–Crippen LogP) is 3.28. The minimum Gasteiger partial charge on any atom is -0.486 e. The van der Waals surface area contributed by atoms with Crippen molar-refractivity contribution in [1.82, 2.24) is 10.6 Å². The Morgan fingerprint density at radius 2 is 1.85 bits per heavy atom. The zero-order valence-corrected chi connectivity index (χ0v) is 15.2. The maximum Gasteiger partial charge on any atom is 0.251 e. The molecule has 0 fully saturated rings. The lowest BCUT2D eigenvalue weighted by atomic mass is 10.1. The fourth-order valence-electron chi connectivity index (χ4n) is 2.87. The molecule has 0 spiro atoms. The molecule has 0 atom stereocenters. The molecule has 2 aromatic carbocycles. The highest BCUT2D eigenvalue weighted by molar-refractivity contribution is 5.94. The molecule has 1 aliphatic heterocycles. The van der Waals surface area contributed by atoms with Gasteiger partial charge in [0.15, 0.2) is 11.5 Å². The highest BCUT2D eigenvalue weighted by Gasteiger charge is 2.15. The summed E-state index contributed by atoms with van der Waals surface area (Å²) in [5.74, 6) is 1.64. The van der Waals surface area contributed by atoms with Crippen molar-refractivity contribution in [3.63, 3.8) is 0 Å². The maximum atomic E-state index is 12.0. The van der Waals surface area contributed by atoms with Crippen molar-refractivity contribution >= 4 is 5.91 Å². The molecule has 2 N–H and O–H groups in total. The van der Waals surface area contributed by atoms with Crippen LogP contribution in [0.3, 0.4) is 0 Å². The second-order valence-corrected chi connectivity index (χ2v) is 6.35. The van der Waals surface area contributed by atoms with Gasteiger partial charge < -0.3 is 20.1 Å². The Kier molecular flexibility index (Phi) is 6.50. The normalized spacial score (nSPS) is 12.7. The van der Waals surface area contributed by atoms with Gasteiger partial charge in [-0.2, -0.15) is 0 Å². The van der Waals surface area contributed by atoms with Crippen LogP contribution < -0.4 is 20.1 Å². The molecular weight excluding hydrogens is 328 g/mol. The third kappa shape index (κ3) is 4.76. The van der Waals surface area contributed by atoms with Crippen molar-refractivity contribution in [1.29, 1.82) is 0 Å². The fourth-order valence-corrected chi connectivity index (χ4v) is 2.87. The molecule has 2 aromatic rings. The molecule has 1 aliphatic rings. The van der Waals surface area contributed by atoms with E-state index in [1.807, 2.05) is 42.5 Å². The van der Waals surface area contributed by atoms with E-state index in [1.165, 1.54) is 0 Å². The Balaban J connectivity index is 1.50. The number of fused-ring (bicyclic) bond motifs is 1. The Morgan fingerprint density at radius 1 is 1.04 bits per heavy atom. The van der Waals surface area contributed by atoms with Gasteiger partial charge in [0.1, 0.15) is 13.2 Å². The summed E-state index contributed by atoms with van der Waals surface area (Å²) in [6, 6.07) is 13.7. The molecule has 26 heavy (non-hydrogen) atoms. The summed E-state index contributed by atoms with van der Waals surface area (Å²) in [6.07, 6.45) is 2.08. The van der Waals surface area contributed by atoms with Crippen LogP contribution in [-0.2, 0) is 13.1 Å². The van der Waals surface area contributed by atoms with Crippen LogP contribution in [-0.4, -0.2) is 25.7 Å². The first-order valence-corrected chi connectivity index (χ1v) is 9.23. The van der Waals surface area contributed by atoms with E-state index in [1.54, 1.807) is 0 Å². The molecule has 3 rings (SSSR count). The van der Waals surface area contributed by atoms with E-state index in [0.717, 1.165) is 48.6 Å². The first kappa shape index (κ1) is 18.3. The van der Waals surface area contributed by atoms with Crippen molar-refractivity contribution in [2.24, 2.45) is 0 Å². The van der Waals surface area contributed by atoms with Gasteiger partial charge in [0.25, 0.3) is 5.91 Å². The molecule has 138 valence electrons. The molecule has 0 aromatic heterocycles. The van der Waals surface area contributed by atoms with Crippen LogP contribution in [0.1, 0.15) is 41.3 Å². The minimum atomic E-state index is -0.00831. The second-order valence-electron chi connectivity index (χ2n) is 6.35. The van der Waals surface area contributed by atoms with Gasteiger partial charge in [-0.15, -0.1) is 0 Å². The molecule has 5 heteroatoms. The van der Waals surface area contributed by atoms with Gasteiger partial charge in [0.2, 0.25) is 0 Å². The quantitative estimate of drug-likeness (QED) is 0.714. The van der Waals surface area contributed by atoms with Crippen molar-refractivity contribution in [3.05, 3.63) is 59.2 Å². The molecule has 0 saturated heterocycles. The number of unbranched alkanes of at least 4 members (excludes halogenated alkanes) is 1. The van der Waals surface area contributed by atoms with Gasteiger partial charge in [0, 0.05) is 30.8 Å². The monoisotopic (exact) mass is 354 g/mol. The van der Waals surface area contributed by atoms with E-state index >= 15 is 0 Å². The first-order chi connectivity index (χ1) is 12.8. The smallest absolute Gasteiger partial charge is 0.251 e. The molecule has 0 saturated carbocycles. The molecule has 1 amide bonds. The van der Waals surface area contributed by atoms with Gasteiger partial charge in [-0.05, 0) is 30.2 Å². The number of hydrogen-bond acceptors (Lipinski definition) is 4. The summed E-state index contributed by atoms with van der Waals surface area (Å²) in [5.41, 5.74) is 2.93. The van der Waals surface area contributed by atoms with Crippen molar-refractivity contribution in [2.45, 2.75) is 32.9 Å². The Labute approximate surface area is 154 Å². The Hall–Kier alpha value is -2.53. The van der Waals surface area contributed by atoms with Gasteiger partial charge in [-0.1, -0.05) is 37.6 Å². The number of ether oxygens (including phenoxy) is 2. The fraction of sp³-hybridized carbons (Fsp3) is 0.381.